The van der Waals surface area contributed by atoms with Crippen molar-refractivity contribution in [3.05, 3.63) is 35.8 Å². The van der Waals surface area contributed by atoms with Gasteiger partial charge in [-0.2, -0.15) is 0 Å². The highest BCUT2D eigenvalue weighted by Crippen LogP contribution is 2.38. The summed E-state index contributed by atoms with van der Waals surface area (Å²) in [5.74, 6) is 1.53. The number of fused-ring (bicyclic) bond motifs is 1. The fourth-order valence-corrected chi connectivity index (χ4v) is 4.69. The summed E-state index contributed by atoms with van der Waals surface area (Å²) in [7, 11) is 0. The van der Waals surface area contributed by atoms with Crippen molar-refractivity contribution in [1.29, 1.82) is 0 Å². The molecular weight excluding hydrogens is 346 g/mol. The average Bonchev–Trinajstić information content (AvgIpc) is 3.42. The van der Waals surface area contributed by atoms with Gasteiger partial charge in [-0.05, 0) is 43.0 Å². The van der Waals surface area contributed by atoms with Crippen LogP contribution < -0.4 is 10.6 Å². The Bertz CT molecular complexity index is 907. The van der Waals surface area contributed by atoms with E-state index in [1.54, 1.807) is 17.5 Å². The van der Waals surface area contributed by atoms with Gasteiger partial charge < -0.3 is 15.4 Å². The molecule has 2 fully saturated rings. The van der Waals surface area contributed by atoms with Gasteiger partial charge >= 0.3 is 0 Å². The molecule has 2 aliphatic rings. The number of hydrogen-bond donors (Lipinski definition) is 2. The maximum atomic E-state index is 6.07. The minimum absolute atomic E-state index is 0.233. The fraction of sp³-hybridized carbons (Fsp3) is 0.421. The van der Waals surface area contributed by atoms with Crippen molar-refractivity contribution in [2.45, 2.75) is 18.9 Å². The molecule has 0 aliphatic carbocycles. The number of pyridine rings is 1. The van der Waals surface area contributed by atoms with Crippen LogP contribution in [0.3, 0.4) is 0 Å². The number of aromatic nitrogens is 3. The van der Waals surface area contributed by atoms with Gasteiger partial charge in [-0.25, -0.2) is 9.97 Å². The minimum atomic E-state index is 0.233. The molecule has 2 N–H and O–H groups in total. The van der Waals surface area contributed by atoms with E-state index in [2.05, 4.69) is 32.0 Å². The number of thiophene rings is 1. The Hall–Kier alpha value is -2.09. The molecule has 2 atom stereocenters. The van der Waals surface area contributed by atoms with E-state index < -0.39 is 0 Å². The minimum Gasteiger partial charge on any atom is -0.376 e. The zero-order valence-electron chi connectivity index (χ0n) is 14.4. The van der Waals surface area contributed by atoms with Crippen LogP contribution >= 0.6 is 11.3 Å². The summed E-state index contributed by atoms with van der Waals surface area (Å²) in [6.07, 6.45) is 4.33. The van der Waals surface area contributed by atoms with E-state index in [-0.39, 0.29) is 6.10 Å². The number of rotatable bonds is 4. The van der Waals surface area contributed by atoms with Gasteiger partial charge in [-0.1, -0.05) is 6.07 Å². The number of anilines is 1. The molecule has 7 heteroatoms. The Labute approximate surface area is 156 Å². The van der Waals surface area contributed by atoms with Gasteiger partial charge in [-0.3, -0.25) is 4.98 Å². The van der Waals surface area contributed by atoms with E-state index in [1.807, 2.05) is 18.2 Å². The van der Waals surface area contributed by atoms with Crippen LogP contribution in [-0.2, 0) is 4.74 Å². The first-order valence-corrected chi connectivity index (χ1v) is 9.92. The van der Waals surface area contributed by atoms with E-state index in [0.717, 1.165) is 54.4 Å². The largest absolute Gasteiger partial charge is 0.376 e. The molecule has 3 aromatic heterocycles. The van der Waals surface area contributed by atoms with Crippen LogP contribution in [0.2, 0.25) is 0 Å². The molecule has 2 unspecified atom stereocenters. The zero-order chi connectivity index (χ0) is 17.4. The van der Waals surface area contributed by atoms with Crippen molar-refractivity contribution in [1.82, 2.24) is 20.3 Å². The average molecular weight is 367 g/mol. The molecule has 2 aliphatic heterocycles. The second-order valence-corrected chi connectivity index (χ2v) is 8.09. The first kappa shape index (κ1) is 16.1. The third kappa shape index (κ3) is 2.96. The highest BCUT2D eigenvalue weighted by Gasteiger charge is 2.42. The molecule has 134 valence electrons. The summed E-state index contributed by atoms with van der Waals surface area (Å²) in [4.78, 5) is 14.8. The lowest BCUT2D eigenvalue weighted by Gasteiger charge is -2.19. The maximum absolute atomic E-state index is 6.07. The van der Waals surface area contributed by atoms with Crippen molar-refractivity contribution < 1.29 is 4.74 Å². The fourth-order valence-electron chi connectivity index (χ4n) is 3.93. The second-order valence-electron chi connectivity index (χ2n) is 7.20. The summed E-state index contributed by atoms with van der Waals surface area (Å²) in [5, 5.41) is 10.1. The summed E-state index contributed by atoms with van der Waals surface area (Å²) < 4.78 is 6.07. The third-order valence-electron chi connectivity index (χ3n) is 5.33. The number of hydrogen-bond acceptors (Lipinski definition) is 7. The van der Waals surface area contributed by atoms with Crippen LogP contribution in [0, 0.1) is 5.41 Å². The molecule has 0 bridgehead atoms. The van der Waals surface area contributed by atoms with Gasteiger partial charge in [-0.15, -0.1) is 11.3 Å². The molecule has 0 amide bonds. The lowest BCUT2D eigenvalue weighted by atomic mass is 9.85. The lowest BCUT2D eigenvalue weighted by molar-refractivity contribution is 0.105. The normalized spacial score (nSPS) is 25.3. The van der Waals surface area contributed by atoms with Gasteiger partial charge in [0.2, 0.25) is 0 Å². The molecule has 26 heavy (non-hydrogen) atoms. The summed E-state index contributed by atoms with van der Waals surface area (Å²) in [6, 6.07) is 7.87. The first-order valence-electron chi connectivity index (χ1n) is 9.04. The summed E-state index contributed by atoms with van der Waals surface area (Å²) in [6.45, 7) is 3.82. The smallest absolute Gasteiger partial charge is 0.181 e. The standard InChI is InChI=1S/C19H21N5OS/c1-2-6-21-15(3-1)17-23-16(14-4-8-26-18(14)24-17)22-10-13-9-19(12-25-13)5-7-20-11-19/h1-4,6,8,13,20H,5,7,9-12H2,(H,22,23,24). The molecule has 6 nitrogen and oxygen atoms in total. The summed E-state index contributed by atoms with van der Waals surface area (Å²) in [5.41, 5.74) is 1.13. The van der Waals surface area contributed by atoms with Crippen LogP contribution in [0.1, 0.15) is 12.8 Å². The van der Waals surface area contributed by atoms with Crippen molar-refractivity contribution in [2.75, 3.05) is 31.6 Å². The molecule has 0 aromatic carbocycles. The topological polar surface area (TPSA) is 72.0 Å². The molecular formula is C19H21N5OS. The van der Waals surface area contributed by atoms with Gasteiger partial charge in [0, 0.05) is 24.7 Å². The highest BCUT2D eigenvalue weighted by molar-refractivity contribution is 7.16. The quantitative estimate of drug-likeness (QED) is 0.739. The lowest BCUT2D eigenvalue weighted by Crippen LogP contribution is -2.25. The molecule has 0 radical (unpaired) electrons. The Kier molecular flexibility index (Phi) is 4.07. The van der Waals surface area contributed by atoms with Gasteiger partial charge in [0.1, 0.15) is 16.3 Å². The maximum Gasteiger partial charge on any atom is 0.181 e. The Balaban J connectivity index is 1.37. The van der Waals surface area contributed by atoms with Gasteiger partial charge in [0.05, 0.1) is 18.1 Å². The van der Waals surface area contributed by atoms with E-state index in [9.17, 15) is 0 Å². The van der Waals surface area contributed by atoms with Gasteiger partial charge in [0.25, 0.3) is 0 Å². The number of nitrogens with zero attached hydrogens (tertiary/aromatic N) is 3. The Morgan fingerprint density at radius 1 is 1.31 bits per heavy atom. The Morgan fingerprint density at radius 3 is 3.15 bits per heavy atom. The highest BCUT2D eigenvalue weighted by atomic mass is 32.1. The van der Waals surface area contributed by atoms with Crippen LogP contribution in [0.5, 0.6) is 0 Å². The number of nitrogens with one attached hydrogen (secondary N) is 2. The van der Waals surface area contributed by atoms with Crippen molar-refractivity contribution in [2.24, 2.45) is 5.41 Å². The molecule has 5 rings (SSSR count). The predicted molar refractivity (Wildman–Crippen MR) is 103 cm³/mol. The van der Waals surface area contributed by atoms with Crippen LogP contribution in [0.4, 0.5) is 5.82 Å². The molecule has 2 saturated heterocycles. The van der Waals surface area contributed by atoms with Gasteiger partial charge in [0.15, 0.2) is 5.82 Å². The van der Waals surface area contributed by atoms with Crippen molar-refractivity contribution in [3.63, 3.8) is 0 Å². The van der Waals surface area contributed by atoms with E-state index >= 15 is 0 Å². The Morgan fingerprint density at radius 2 is 2.31 bits per heavy atom. The molecule has 0 saturated carbocycles. The SMILES string of the molecule is c1ccc(-c2nc(NCC3CC4(CCNC4)CO3)c3ccsc3n2)nc1. The zero-order valence-corrected chi connectivity index (χ0v) is 15.3. The molecule has 3 aromatic rings. The van der Waals surface area contributed by atoms with E-state index in [0.29, 0.717) is 11.2 Å². The van der Waals surface area contributed by atoms with Crippen LogP contribution in [0.15, 0.2) is 35.8 Å². The van der Waals surface area contributed by atoms with Crippen LogP contribution in [0.25, 0.3) is 21.7 Å². The monoisotopic (exact) mass is 367 g/mol. The third-order valence-corrected chi connectivity index (χ3v) is 6.14. The first-order chi connectivity index (χ1) is 12.8. The number of ether oxygens (including phenoxy) is 1. The molecule has 1 spiro atoms. The van der Waals surface area contributed by atoms with Crippen LogP contribution in [-0.4, -0.2) is 47.3 Å². The summed E-state index contributed by atoms with van der Waals surface area (Å²) >= 11 is 1.63. The van der Waals surface area contributed by atoms with Crippen molar-refractivity contribution in [3.8, 4) is 11.5 Å². The predicted octanol–water partition coefficient (Wildman–Crippen LogP) is 2.93. The molecule has 5 heterocycles. The second kappa shape index (κ2) is 6.57. The van der Waals surface area contributed by atoms with E-state index in [4.69, 9.17) is 9.72 Å². The van der Waals surface area contributed by atoms with Crippen molar-refractivity contribution >= 4 is 27.4 Å². The van der Waals surface area contributed by atoms with E-state index in [1.165, 1.54) is 6.42 Å².